The second kappa shape index (κ2) is 15.9. The monoisotopic (exact) mass is 782 g/mol. The fourth-order valence-corrected chi connectivity index (χ4v) is 11.3. The SMILES string of the molecule is COC(=O)c1ccc2c(c1)CC=C1CC3(CC[C@]12Cc1ccccc1)OCCO3.COC(=O)c1ccc2c(c1)CC[C@H]1CC3(CC[C@@]21Cc1ccccc1)OCCO3. The Kier molecular flexibility index (Phi) is 10.6. The van der Waals surface area contributed by atoms with Crippen LogP contribution in [-0.4, -0.2) is 64.2 Å². The Bertz CT molecular complexity index is 2170. The number of ether oxygens (including phenoxy) is 6. The Balaban J connectivity index is 0.000000150. The molecule has 10 rings (SSSR count). The van der Waals surface area contributed by atoms with Crippen LogP contribution in [0.25, 0.3) is 0 Å². The van der Waals surface area contributed by atoms with Gasteiger partial charge in [0.2, 0.25) is 0 Å². The van der Waals surface area contributed by atoms with E-state index in [0.29, 0.717) is 43.5 Å². The summed E-state index contributed by atoms with van der Waals surface area (Å²) < 4.78 is 34.2. The molecule has 2 heterocycles. The van der Waals surface area contributed by atoms with Gasteiger partial charge in [0.25, 0.3) is 0 Å². The lowest BCUT2D eigenvalue weighted by Crippen LogP contribution is -2.51. The van der Waals surface area contributed by atoms with Crippen LogP contribution in [0, 0.1) is 5.92 Å². The number of rotatable bonds is 6. The molecule has 302 valence electrons. The highest BCUT2D eigenvalue weighted by molar-refractivity contribution is 5.90. The molecule has 4 aliphatic carbocycles. The zero-order chi connectivity index (χ0) is 39.8. The number of carbonyl (C=O) groups is 2. The third-order valence-corrected chi connectivity index (χ3v) is 14.1. The molecule has 8 nitrogen and oxygen atoms in total. The smallest absolute Gasteiger partial charge is 0.337 e. The fourth-order valence-electron chi connectivity index (χ4n) is 11.3. The van der Waals surface area contributed by atoms with Gasteiger partial charge < -0.3 is 28.4 Å². The Morgan fingerprint density at radius 3 is 1.84 bits per heavy atom. The second-order valence-corrected chi connectivity index (χ2v) is 17.1. The van der Waals surface area contributed by atoms with Crippen LogP contribution in [0.3, 0.4) is 0 Å². The number of benzene rings is 4. The third-order valence-electron chi connectivity index (χ3n) is 14.1. The molecule has 0 unspecified atom stereocenters. The molecule has 2 aliphatic heterocycles. The topological polar surface area (TPSA) is 89.5 Å². The van der Waals surface area contributed by atoms with Crippen molar-refractivity contribution in [2.45, 2.75) is 93.0 Å². The summed E-state index contributed by atoms with van der Waals surface area (Å²) in [7, 11) is 2.87. The molecule has 4 aromatic rings. The molecule has 58 heavy (non-hydrogen) atoms. The summed E-state index contributed by atoms with van der Waals surface area (Å²) >= 11 is 0. The van der Waals surface area contributed by atoms with Crippen molar-refractivity contribution >= 4 is 11.9 Å². The molecule has 0 aromatic heterocycles. The predicted octanol–water partition coefficient (Wildman–Crippen LogP) is 8.81. The van der Waals surface area contributed by atoms with Gasteiger partial charge in [-0.3, -0.25) is 0 Å². The Hall–Kier alpha value is -4.60. The van der Waals surface area contributed by atoms with Gasteiger partial charge in [0, 0.05) is 36.5 Å². The molecule has 4 aromatic carbocycles. The average Bonchev–Trinajstić information content (AvgIpc) is 3.94. The van der Waals surface area contributed by atoms with E-state index in [4.69, 9.17) is 28.4 Å². The lowest BCUT2D eigenvalue weighted by molar-refractivity contribution is -0.200. The van der Waals surface area contributed by atoms with Crippen molar-refractivity contribution in [3.8, 4) is 0 Å². The molecule has 0 amide bonds. The van der Waals surface area contributed by atoms with Crippen molar-refractivity contribution < 1.29 is 38.0 Å². The first kappa shape index (κ1) is 38.9. The molecule has 0 N–H and O–H groups in total. The van der Waals surface area contributed by atoms with E-state index in [2.05, 4.69) is 84.9 Å². The maximum atomic E-state index is 12.1. The summed E-state index contributed by atoms with van der Waals surface area (Å²) in [4.78, 5) is 24.1. The first-order valence-corrected chi connectivity index (χ1v) is 21.0. The summed E-state index contributed by atoms with van der Waals surface area (Å²) in [6.07, 6.45) is 12.8. The standard InChI is InChI=1S/C25H28O4.C25H26O4/c2*1-27-23(26)20-8-10-22-19(15-20)7-9-21-17-25(28-13-14-29-25)12-11-24(21,22)16-18-5-3-2-4-6-18/h2-6,8,10,15,21H,7,9,11-14,16-17H2,1H3;2-6,8-10,15H,7,11-14,16-17H2,1H3/t21-,24-;24-/m00/s1. The molecular weight excluding hydrogens is 729 g/mol. The van der Waals surface area contributed by atoms with Gasteiger partial charge in [0.1, 0.15) is 0 Å². The van der Waals surface area contributed by atoms with Crippen LogP contribution in [0.15, 0.2) is 109 Å². The molecule has 8 heteroatoms. The van der Waals surface area contributed by atoms with E-state index in [9.17, 15) is 9.59 Å². The van der Waals surface area contributed by atoms with Crippen LogP contribution in [-0.2, 0) is 64.9 Å². The summed E-state index contributed by atoms with van der Waals surface area (Å²) in [5, 5.41) is 0. The van der Waals surface area contributed by atoms with E-state index in [1.807, 2.05) is 18.2 Å². The molecule has 2 saturated heterocycles. The van der Waals surface area contributed by atoms with Gasteiger partial charge in [-0.2, -0.15) is 0 Å². The lowest BCUT2D eigenvalue weighted by atomic mass is 9.54. The first-order valence-electron chi connectivity index (χ1n) is 21.0. The van der Waals surface area contributed by atoms with E-state index in [0.717, 1.165) is 70.6 Å². The zero-order valence-electron chi connectivity index (χ0n) is 33.8. The summed E-state index contributed by atoms with van der Waals surface area (Å²) in [6, 6.07) is 33.7. The Morgan fingerprint density at radius 1 is 0.638 bits per heavy atom. The maximum Gasteiger partial charge on any atom is 0.337 e. The van der Waals surface area contributed by atoms with E-state index in [-0.39, 0.29) is 28.6 Å². The van der Waals surface area contributed by atoms with E-state index < -0.39 is 5.79 Å². The van der Waals surface area contributed by atoms with Gasteiger partial charge in [0.05, 0.1) is 51.8 Å². The Morgan fingerprint density at radius 2 is 1.21 bits per heavy atom. The number of aryl methyl sites for hydroxylation is 1. The van der Waals surface area contributed by atoms with Crippen molar-refractivity contribution in [3.05, 3.63) is 153 Å². The van der Waals surface area contributed by atoms with Crippen molar-refractivity contribution in [2.75, 3.05) is 40.6 Å². The maximum absolute atomic E-state index is 12.1. The Labute approximate surface area is 341 Å². The minimum Gasteiger partial charge on any atom is -0.465 e. The number of carbonyl (C=O) groups excluding carboxylic acids is 2. The molecule has 2 spiro atoms. The van der Waals surface area contributed by atoms with Crippen LogP contribution >= 0.6 is 0 Å². The minimum atomic E-state index is -0.449. The largest absolute Gasteiger partial charge is 0.465 e. The highest BCUT2D eigenvalue weighted by Crippen LogP contribution is 2.57. The molecule has 0 bridgehead atoms. The van der Waals surface area contributed by atoms with Gasteiger partial charge >= 0.3 is 11.9 Å². The van der Waals surface area contributed by atoms with E-state index >= 15 is 0 Å². The van der Waals surface area contributed by atoms with E-state index in [1.54, 1.807) is 0 Å². The highest BCUT2D eigenvalue weighted by atomic mass is 16.7. The number of esters is 2. The number of allylic oxidation sites excluding steroid dienone is 1. The minimum absolute atomic E-state index is 0.0597. The van der Waals surface area contributed by atoms with Crippen LogP contribution in [0.4, 0.5) is 0 Å². The fraction of sp³-hybridized carbons (Fsp3) is 0.440. The van der Waals surface area contributed by atoms with Gasteiger partial charge in [-0.25, -0.2) is 9.59 Å². The average molecular weight is 783 g/mol. The van der Waals surface area contributed by atoms with Crippen molar-refractivity contribution in [2.24, 2.45) is 5.92 Å². The zero-order valence-corrected chi connectivity index (χ0v) is 33.8. The van der Waals surface area contributed by atoms with Crippen LogP contribution in [0.5, 0.6) is 0 Å². The van der Waals surface area contributed by atoms with Crippen LogP contribution in [0.2, 0.25) is 0 Å². The van der Waals surface area contributed by atoms with Gasteiger partial charge in [-0.1, -0.05) is 84.4 Å². The van der Waals surface area contributed by atoms with Crippen molar-refractivity contribution in [1.82, 2.24) is 0 Å². The number of methoxy groups -OCH3 is 2. The highest BCUT2D eigenvalue weighted by Gasteiger charge is 2.55. The van der Waals surface area contributed by atoms with Crippen LogP contribution < -0.4 is 0 Å². The summed E-state index contributed by atoms with van der Waals surface area (Å²) in [5.41, 5.74) is 10.6. The second-order valence-electron chi connectivity index (χ2n) is 17.1. The predicted molar refractivity (Wildman–Crippen MR) is 220 cm³/mol. The molecule has 0 radical (unpaired) electrons. The number of fused-ring (bicyclic) bond motifs is 6. The van der Waals surface area contributed by atoms with Crippen molar-refractivity contribution in [1.29, 1.82) is 0 Å². The van der Waals surface area contributed by atoms with Crippen LogP contribution in [0.1, 0.15) is 99.0 Å². The molecule has 3 atom stereocenters. The normalized spacial score (nSPS) is 25.9. The third kappa shape index (κ3) is 7.12. The first-order chi connectivity index (χ1) is 28.3. The lowest BCUT2D eigenvalue weighted by Gasteiger charge is -2.53. The van der Waals surface area contributed by atoms with Gasteiger partial charge in [-0.15, -0.1) is 0 Å². The number of hydrogen-bond acceptors (Lipinski definition) is 8. The molecular formula is C50H54O8. The number of hydrogen-bond donors (Lipinski definition) is 0. The molecule has 4 fully saturated rings. The van der Waals surface area contributed by atoms with Gasteiger partial charge in [0.15, 0.2) is 11.6 Å². The molecule has 6 aliphatic rings. The van der Waals surface area contributed by atoms with Crippen molar-refractivity contribution in [3.63, 3.8) is 0 Å². The summed E-state index contributed by atoms with van der Waals surface area (Å²) in [5.74, 6) is -0.868. The molecule has 2 saturated carbocycles. The van der Waals surface area contributed by atoms with Gasteiger partial charge in [-0.05, 0) is 109 Å². The quantitative estimate of drug-likeness (QED) is 0.142. The van der Waals surface area contributed by atoms with E-state index in [1.165, 1.54) is 53.2 Å². The summed E-state index contributed by atoms with van der Waals surface area (Å²) in [6.45, 7) is 2.77.